The molecule has 0 aromatic heterocycles. The van der Waals surface area contributed by atoms with Gasteiger partial charge in [0, 0.05) is 55.2 Å². The SMILES string of the molecule is C=CCO[C@@]12Oc3ccc(OCc4ccccc4F)cc3[C@H]3[C@H](CCCCO)[C@@H](CCCCO)C=C(C(=NOC4CCCCO4)C[C@@H]1N(CCC)C(=O)c1ccc(C#N)cc1)[C@H]32. The van der Waals surface area contributed by atoms with Gasteiger partial charge in [-0.2, -0.15) is 5.26 Å². The second kappa shape index (κ2) is 21.3. The molecule has 11 nitrogen and oxygen atoms in total. The number of nitrogens with zero attached hydrogens (tertiary/aromatic N) is 3. The molecular formula is C50H60FN3O8. The van der Waals surface area contributed by atoms with Gasteiger partial charge >= 0.3 is 0 Å². The molecule has 7 rings (SSSR count). The maximum atomic E-state index is 14.9. The van der Waals surface area contributed by atoms with Gasteiger partial charge in [-0.1, -0.05) is 55.3 Å². The van der Waals surface area contributed by atoms with Crippen molar-refractivity contribution in [1.29, 1.82) is 5.26 Å². The van der Waals surface area contributed by atoms with E-state index in [1.807, 2.05) is 30.0 Å². The first-order chi connectivity index (χ1) is 30.3. The molecule has 7 atom stereocenters. The number of aliphatic hydroxyl groups is 2. The molecule has 2 aliphatic heterocycles. The number of hydrogen-bond donors (Lipinski definition) is 2. The Balaban J connectivity index is 1.43. The van der Waals surface area contributed by atoms with E-state index in [1.54, 1.807) is 48.5 Å². The number of carbonyl (C=O) groups is 1. The average molecular weight is 850 g/mol. The number of halogens is 1. The number of benzene rings is 3. The summed E-state index contributed by atoms with van der Waals surface area (Å²) >= 11 is 0. The zero-order valence-corrected chi connectivity index (χ0v) is 35.8. The van der Waals surface area contributed by atoms with Crippen LogP contribution in [0.2, 0.25) is 0 Å². The van der Waals surface area contributed by atoms with Crippen LogP contribution in [0, 0.1) is 34.9 Å². The first-order valence-corrected chi connectivity index (χ1v) is 22.4. The van der Waals surface area contributed by atoms with E-state index in [0.717, 1.165) is 49.7 Å². The zero-order valence-electron chi connectivity index (χ0n) is 35.8. The number of hydrogen-bond acceptors (Lipinski definition) is 10. The molecular weight excluding hydrogens is 790 g/mol. The molecule has 0 spiro atoms. The van der Waals surface area contributed by atoms with Crippen molar-refractivity contribution in [2.45, 2.75) is 108 Å². The van der Waals surface area contributed by atoms with E-state index in [0.29, 0.717) is 72.7 Å². The highest BCUT2D eigenvalue weighted by Crippen LogP contribution is 2.62. The lowest BCUT2D eigenvalue weighted by Gasteiger charge is -2.60. The summed E-state index contributed by atoms with van der Waals surface area (Å²) in [6.45, 7) is 7.34. The van der Waals surface area contributed by atoms with Crippen molar-refractivity contribution >= 4 is 11.6 Å². The van der Waals surface area contributed by atoms with E-state index < -0.39 is 24.0 Å². The second-order valence-electron chi connectivity index (χ2n) is 16.7. The average Bonchev–Trinajstić information content (AvgIpc) is 3.30. The van der Waals surface area contributed by atoms with Crippen molar-refractivity contribution in [1.82, 2.24) is 4.90 Å². The number of aliphatic hydroxyl groups excluding tert-OH is 2. The summed E-state index contributed by atoms with van der Waals surface area (Å²) in [7, 11) is 0. The molecule has 3 aromatic rings. The second-order valence-corrected chi connectivity index (χ2v) is 16.7. The number of rotatable bonds is 20. The smallest absolute Gasteiger partial charge is 0.254 e. The number of nitriles is 1. The Kier molecular flexibility index (Phi) is 15.5. The highest BCUT2D eigenvalue weighted by Gasteiger charge is 2.65. The van der Waals surface area contributed by atoms with Crippen LogP contribution in [-0.2, 0) is 20.9 Å². The van der Waals surface area contributed by atoms with Gasteiger partial charge in [-0.25, -0.2) is 4.39 Å². The lowest BCUT2D eigenvalue weighted by Crippen LogP contribution is -2.70. The minimum absolute atomic E-state index is 0.0154. The lowest BCUT2D eigenvalue weighted by molar-refractivity contribution is -0.254. The Morgan fingerprint density at radius 1 is 1.06 bits per heavy atom. The van der Waals surface area contributed by atoms with Gasteiger partial charge in [0.05, 0.1) is 36.5 Å². The Labute approximate surface area is 364 Å². The van der Waals surface area contributed by atoms with Gasteiger partial charge in [0.15, 0.2) is 0 Å². The fourth-order valence-corrected chi connectivity index (χ4v) is 9.92. The van der Waals surface area contributed by atoms with Crippen LogP contribution < -0.4 is 9.47 Å². The molecule has 62 heavy (non-hydrogen) atoms. The number of fused-ring (bicyclic) bond motifs is 2. The first-order valence-electron chi connectivity index (χ1n) is 22.4. The third kappa shape index (κ3) is 9.77. The van der Waals surface area contributed by atoms with Crippen molar-refractivity contribution in [3.05, 3.63) is 119 Å². The molecule has 330 valence electrons. The summed E-state index contributed by atoms with van der Waals surface area (Å²) in [5, 5.41) is 34.4. The number of oxime groups is 1. The monoisotopic (exact) mass is 849 g/mol. The van der Waals surface area contributed by atoms with E-state index in [2.05, 4.69) is 18.7 Å². The maximum Gasteiger partial charge on any atom is 0.254 e. The molecule has 2 fully saturated rings. The summed E-state index contributed by atoms with van der Waals surface area (Å²) in [6.07, 6.45) is 11.5. The number of carbonyl (C=O) groups excluding carboxylic acids is 1. The molecule has 1 unspecified atom stereocenters. The Morgan fingerprint density at radius 2 is 1.85 bits per heavy atom. The Bertz CT molecular complexity index is 2100. The quantitative estimate of drug-likeness (QED) is 0.0647. The fourth-order valence-electron chi connectivity index (χ4n) is 9.92. The summed E-state index contributed by atoms with van der Waals surface area (Å²) in [6, 6.07) is 20.4. The van der Waals surface area contributed by atoms with E-state index >= 15 is 0 Å². The molecule has 0 bridgehead atoms. The molecule has 1 saturated carbocycles. The largest absolute Gasteiger partial charge is 0.489 e. The summed E-state index contributed by atoms with van der Waals surface area (Å²) < 4.78 is 41.5. The lowest BCUT2D eigenvalue weighted by atomic mass is 9.55. The Morgan fingerprint density at radius 3 is 2.56 bits per heavy atom. The van der Waals surface area contributed by atoms with Crippen LogP contribution in [0.15, 0.2) is 96.2 Å². The number of allylic oxidation sites excluding steroid dienone is 1. The molecule has 2 N–H and O–H groups in total. The fraction of sp³-hybridized carbons (Fsp3) is 0.500. The number of amides is 1. The standard InChI is InChI=1S/C50H60FN3O8/c1-3-24-54(49(57)35-20-18-34(32-52)19-21-35)45-31-43(53-62-46-17-9-12-28-58-46)40-29-36(13-7-10-25-55)39(15-8-11-26-56)47-41-30-38(59-33-37-14-5-6-16-42(37)51)22-23-44(41)61-50(45,48(40)47)60-27-4-2/h4-6,14,16,18-23,29-30,36,39,45-48,55-56H,2-3,7-13,15,17,24-28,31,33H2,1H3/t36-,39+,45-,46?,47+,48+,50+/m0/s1. The van der Waals surface area contributed by atoms with Gasteiger partial charge in [0.2, 0.25) is 12.1 Å². The molecule has 2 aliphatic carbocycles. The van der Waals surface area contributed by atoms with Crippen LogP contribution in [0.1, 0.15) is 111 Å². The summed E-state index contributed by atoms with van der Waals surface area (Å²) in [5.41, 5.74) is 3.83. The zero-order chi connectivity index (χ0) is 43.5. The van der Waals surface area contributed by atoms with Gasteiger partial charge in [-0.3, -0.25) is 4.79 Å². The predicted octanol–water partition coefficient (Wildman–Crippen LogP) is 8.99. The van der Waals surface area contributed by atoms with E-state index in [9.17, 15) is 24.7 Å². The van der Waals surface area contributed by atoms with Crippen molar-refractivity contribution in [3.63, 3.8) is 0 Å². The number of unbranched alkanes of at least 4 members (excludes halogenated alkanes) is 2. The minimum atomic E-state index is -1.43. The third-order valence-corrected chi connectivity index (χ3v) is 12.8. The molecule has 12 heteroatoms. The third-order valence-electron chi connectivity index (χ3n) is 12.8. The van der Waals surface area contributed by atoms with Crippen molar-refractivity contribution in [2.75, 3.05) is 33.0 Å². The Hall–Kier alpha value is -5.06. The predicted molar refractivity (Wildman–Crippen MR) is 233 cm³/mol. The van der Waals surface area contributed by atoms with Crippen LogP contribution >= 0.6 is 0 Å². The van der Waals surface area contributed by atoms with Crippen molar-refractivity contribution < 1.29 is 43.2 Å². The highest BCUT2D eigenvalue weighted by molar-refractivity contribution is 6.03. The van der Waals surface area contributed by atoms with E-state index in [-0.39, 0.29) is 62.3 Å². The van der Waals surface area contributed by atoms with Crippen LogP contribution in [0.25, 0.3) is 0 Å². The van der Waals surface area contributed by atoms with Crippen LogP contribution in [0.3, 0.4) is 0 Å². The molecule has 1 amide bonds. The molecule has 4 aliphatic rings. The molecule has 3 aromatic carbocycles. The number of ether oxygens (including phenoxy) is 4. The van der Waals surface area contributed by atoms with Gasteiger partial charge in [0.1, 0.15) is 30.0 Å². The first kappa shape index (κ1) is 45.0. The van der Waals surface area contributed by atoms with Crippen LogP contribution in [-0.4, -0.2) is 77.8 Å². The van der Waals surface area contributed by atoms with Gasteiger partial charge in [-0.15, -0.1) is 6.58 Å². The van der Waals surface area contributed by atoms with Crippen LogP contribution in [0.4, 0.5) is 4.39 Å². The van der Waals surface area contributed by atoms with Gasteiger partial charge in [0.25, 0.3) is 5.91 Å². The summed E-state index contributed by atoms with van der Waals surface area (Å²) in [4.78, 5) is 23.0. The topological polar surface area (TPSA) is 143 Å². The molecule has 1 saturated heterocycles. The minimum Gasteiger partial charge on any atom is -0.489 e. The van der Waals surface area contributed by atoms with Gasteiger partial charge in [-0.05, 0) is 111 Å². The van der Waals surface area contributed by atoms with E-state index in [1.165, 1.54) is 6.07 Å². The maximum absolute atomic E-state index is 14.9. The molecule has 2 heterocycles. The highest BCUT2D eigenvalue weighted by atomic mass is 19.1. The van der Waals surface area contributed by atoms with Crippen LogP contribution in [0.5, 0.6) is 11.5 Å². The van der Waals surface area contributed by atoms with E-state index in [4.69, 9.17) is 28.9 Å². The van der Waals surface area contributed by atoms with Gasteiger partial charge < -0.3 is 38.9 Å². The van der Waals surface area contributed by atoms with Crippen molar-refractivity contribution in [2.24, 2.45) is 22.9 Å². The summed E-state index contributed by atoms with van der Waals surface area (Å²) in [5.74, 6) is -1.57. The normalized spacial score (nSPS) is 25.7. The molecule has 0 radical (unpaired) electrons. The van der Waals surface area contributed by atoms with Crippen molar-refractivity contribution in [3.8, 4) is 17.6 Å².